The first kappa shape index (κ1) is 10.8. The topological polar surface area (TPSA) is 41.5 Å². The Morgan fingerprint density at radius 3 is 2.45 bits per heavy atom. The highest BCUT2D eigenvalue weighted by Gasteiger charge is 2.04. The first-order chi connectivity index (χ1) is 5.06. The van der Waals surface area contributed by atoms with Gasteiger partial charge >= 0.3 is 0 Å². The highest BCUT2D eigenvalue weighted by atomic mass is 16.6. The Morgan fingerprint density at radius 1 is 1.36 bits per heavy atom. The lowest BCUT2D eigenvalue weighted by Crippen LogP contribution is -2.38. The summed E-state index contributed by atoms with van der Waals surface area (Å²) in [7, 11) is 6.32. The van der Waals surface area contributed by atoms with Gasteiger partial charge in [0.25, 0.3) is 0 Å². The molecule has 0 bridgehead atoms. The lowest BCUT2D eigenvalue weighted by atomic mass is 10.5. The van der Waals surface area contributed by atoms with Crippen LogP contribution >= 0.6 is 0 Å². The Kier molecular flexibility index (Phi) is 5.41. The lowest BCUT2D eigenvalue weighted by Gasteiger charge is -2.23. The van der Waals surface area contributed by atoms with E-state index in [1.54, 1.807) is 0 Å². The highest BCUT2D eigenvalue weighted by Crippen LogP contribution is 1.87. The summed E-state index contributed by atoms with van der Waals surface area (Å²) in [5, 5.41) is 8.38. The fourth-order valence-corrected chi connectivity index (χ4v) is 0.509. The lowest BCUT2D eigenvalue weighted by molar-refractivity contribution is -0.871. The van der Waals surface area contributed by atoms with Crippen molar-refractivity contribution in [2.24, 2.45) is 0 Å². The summed E-state index contributed by atoms with van der Waals surface area (Å²) in [6.45, 7) is 2.24. The van der Waals surface area contributed by atoms with E-state index in [0.29, 0.717) is 13.2 Å². The maximum atomic E-state index is 8.38. The number of hydrogen-bond acceptors (Lipinski definition) is 3. The molecule has 0 unspecified atom stereocenters. The molecule has 0 rings (SSSR count). The van der Waals surface area contributed by atoms with E-state index in [4.69, 9.17) is 9.94 Å². The van der Waals surface area contributed by atoms with Gasteiger partial charge in [-0.2, -0.15) is 0 Å². The van der Waals surface area contributed by atoms with E-state index in [2.05, 4.69) is 26.6 Å². The molecule has 4 nitrogen and oxygen atoms in total. The van der Waals surface area contributed by atoms with Gasteiger partial charge in [-0.25, -0.2) is 5.48 Å². The highest BCUT2D eigenvalue weighted by molar-refractivity contribution is 4.28. The SMILES string of the molecule is C[N+](C)(C)CCONCCO. The van der Waals surface area contributed by atoms with E-state index in [9.17, 15) is 0 Å². The monoisotopic (exact) mass is 163 g/mol. The molecule has 0 aliphatic carbocycles. The molecule has 0 aliphatic heterocycles. The second-order valence-electron chi connectivity index (χ2n) is 3.48. The van der Waals surface area contributed by atoms with Crippen molar-refractivity contribution in [2.75, 3.05) is 47.4 Å². The third-order valence-corrected chi connectivity index (χ3v) is 1.18. The largest absolute Gasteiger partial charge is 0.395 e. The zero-order valence-electron chi connectivity index (χ0n) is 7.63. The molecule has 0 aromatic rings. The van der Waals surface area contributed by atoms with Crippen LogP contribution in [0.15, 0.2) is 0 Å². The Balaban J connectivity index is 3.02. The van der Waals surface area contributed by atoms with Crippen molar-refractivity contribution in [3.05, 3.63) is 0 Å². The number of aliphatic hydroxyl groups is 1. The number of nitrogens with one attached hydrogen (secondary N) is 1. The minimum absolute atomic E-state index is 0.115. The first-order valence-corrected chi connectivity index (χ1v) is 3.82. The van der Waals surface area contributed by atoms with Gasteiger partial charge in [0.15, 0.2) is 0 Å². The van der Waals surface area contributed by atoms with E-state index < -0.39 is 0 Å². The summed E-state index contributed by atoms with van der Waals surface area (Å²) in [5.41, 5.74) is 2.65. The van der Waals surface area contributed by atoms with Crippen molar-refractivity contribution in [3.63, 3.8) is 0 Å². The van der Waals surface area contributed by atoms with Crippen molar-refractivity contribution in [3.8, 4) is 0 Å². The molecule has 0 aliphatic rings. The van der Waals surface area contributed by atoms with Crippen LogP contribution in [-0.2, 0) is 4.84 Å². The molecule has 0 heterocycles. The Hall–Kier alpha value is -0.160. The number of hydrogen-bond donors (Lipinski definition) is 2. The van der Waals surface area contributed by atoms with E-state index in [-0.39, 0.29) is 6.61 Å². The molecular formula is C7H19N2O2+. The van der Waals surface area contributed by atoms with Gasteiger partial charge in [0.1, 0.15) is 13.2 Å². The van der Waals surface area contributed by atoms with E-state index >= 15 is 0 Å². The summed E-state index contributed by atoms with van der Waals surface area (Å²) < 4.78 is 0.890. The number of likely N-dealkylation sites (N-methyl/N-ethyl adjacent to an activating group) is 1. The van der Waals surface area contributed by atoms with Gasteiger partial charge in [-0.3, -0.25) is 4.84 Å². The van der Waals surface area contributed by atoms with Crippen LogP contribution in [0, 0.1) is 0 Å². The van der Waals surface area contributed by atoms with Gasteiger partial charge in [0, 0.05) is 6.54 Å². The fraction of sp³-hybridized carbons (Fsp3) is 1.00. The van der Waals surface area contributed by atoms with Gasteiger partial charge in [-0.1, -0.05) is 0 Å². The summed E-state index contributed by atoms with van der Waals surface area (Å²) in [5.74, 6) is 0. The molecule has 2 N–H and O–H groups in total. The van der Waals surface area contributed by atoms with Gasteiger partial charge in [-0.05, 0) is 0 Å². The normalized spacial score (nSPS) is 12.0. The van der Waals surface area contributed by atoms with Crippen molar-refractivity contribution in [1.29, 1.82) is 0 Å². The van der Waals surface area contributed by atoms with Crippen LogP contribution in [0.5, 0.6) is 0 Å². The summed E-state index contributed by atoms with van der Waals surface area (Å²) in [4.78, 5) is 5.02. The minimum atomic E-state index is 0.115. The van der Waals surface area contributed by atoms with E-state index in [1.807, 2.05) is 0 Å². The molecule has 0 atom stereocenters. The number of quaternary nitrogens is 1. The van der Waals surface area contributed by atoms with Crippen LogP contribution in [0.1, 0.15) is 0 Å². The van der Waals surface area contributed by atoms with Crippen LogP contribution in [0.25, 0.3) is 0 Å². The molecule has 68 valence electrons. The second kappa shape index (κ2) is 5.49. The molecule has 0 aromatic carbocycles. The van der Waals surface area contributed by atoms with Gasteiger partial charge in [0.05, 0.1) is 27.7 Å². The zero-order chi connectivity index (χ0) is 8.74. The van der Waals surface area contributed by atoms with Crippen molar-refractivity contribution in [1.82, 2.24) is 5.48 Å². The van der Waals surface area contributed by atoms with Crippen molar-refractivity contribution >= 4 is 0 Å². The number of aliphatic hydroxyl groups excluding tert-OH is 1. The van der Waals surface area contributed by atoms with Crippen molar-refractivity contribution < 1.29 is 14.4 Å². The van der Waals surface area contributed by atoms with Crippen molar-refractivity contribution in [2.45, 2.75) is 0 Å². The van der Waals surface area contributed by atoms with Crippen LogP contribution in [-0.4, -0.2) is 57.0 Å². The Labute approximate surface area is 68.3 Å². The molecule has 0 spiro atoms. The smallest absolute Gasteiger partial charge is 0.117 e. The molecule has 0 fully saturated rings. The summed E-state index contributed by atoms with van der Waals surface area (Å²) in [6, 6.07) is 0. The standard InChI is InChI=1S/C7H19N2O2/c1-9(2,3)5-7-11-8-4-6-10/h8,10H,4-7H2,1-3H3/q+1. The molecular weight excluding hydrogens is 144 g/mol. The predicted octanol–water partition coefficient (Wildman–Crippen LogP) is -0.794. The molecule has 11 heavy (non-hydrogen) atoms. The number of nitrogens with zero attached hydrogens (tertiary/aromatic N) is 1. The molecule has 0 saturated carbocycles. The fourth-order valence-electron chi connectivity index (χ4n) is 0.509. The Morgan fingerprint density at radius 2 is 2.00 bits per heavy atom. The molecule has 0 aromatic heterocycles. The van der Waals surface area contributed by atoms with Crippen LogP contribution in [0.2, 0.25) is 0 Å². The predicted molar refractivity (Wildman–Crippen MR) is 43.9 cm³/mol. The van der Waals surface area contributed by atoms with E-state index in [1.165, 1.54) is 0 Å². The average molecular weight is 163 g/mol. The number of rotatable bonds is 6. The van der Waals surface area contributed by atoms with Crippen LogP contribution < -0.4 is 5.48 Å². The molecule has 0 saturated heterocycles. The maximum Gasteiger partial charge on any atom is 0.117 e. The zero-order valence-corrected chi connectivity index (χ0v) is 7.63. The molecule has 4 heteroatoms. The Bertz CT molecular complexity index is 90.9. The van der Waals surface area contributed by atoms with E-state index in [0.717, 1.165) is 11.0 Å². The van der Waals surface area contributed by atoms with Gasteiger partial charge in [-0.15, -0.1) is 0 Å². The summed E-state index contributed by atoms with van der Waals surface area (Å²) in [6.07, 6.45) is 0. The third-order valence-electron chi connectivity index (χ3n) is 1.18. The minimum Gasteiger partial charge on any atom is -0.395 e. The van der Waals surface area contributed by atoms with Crippen LogP contribution in [0.4, 0.5) is 0 Å². The molecule has 0 radical (unpaired) electrons. The third kappa shape index (κ3) is 9.84. The summed E-state index contributed by atoms with van der Waals surface area (Å²) >= 11 is 0. The van der Waals surface area contributed by atoms with Crippen LogP contribution in [0.3, 0.4) is 0 Å². The average Bonchev–Trinajstić information content (AvgIpc) is 1.85. The number of hydroxylamine groups is 1. The van der Waals surface area contributed by atoms with Gasteiger partial charge < -0.3 is 9.59 Å². The first-order valence-electron chi connectivity index (χ1n) is 3.82. The quantitative estimate of drug-likeness (QED) is 0.306. The maximum absolute atomic E-state index is 8.38. The molecule has 0 amide bonds. The van der Waals surface area contributed by atoms with Gasteiger partial charge in [0.2, 0.25) is 0 Å². The second-order valence-corrected chi connectivity index (χ2v) is 3.48.